The van der Waals surface area contributed by atoms with E-state index in [1.165, 1.54) is 26.1 Å². The van der Waals surface area contributed by atoms with Gasteiger partial charge in [0, 0.05) is 13.1 Å². The Morgan fingerprint density at radius 3 is 2.57 bits per heavy atom. The number of nitrogens with one attached hydrogen (secondary N) is 1. The van der Waals surface area contributed by atoms with Crippen LogP contribution in [0.1, 0.15) is 26.3 Å². The molecule has 0 saturated heterocycles. The van der Waals surface area contributed by atoms with Crippen molar-refractivity contribution in [2.45, 2.75) is 27.2 Å². The molecular weight excluding hydrogens is 279 g/mol. The van der Waals surface area contributed by atoms with Gasteiger partial charge in [-0.2, -0.15) is 0 Å². The fourth-order valence-corrected chi connectivity index (χ4v) is 1.75. The molecule has 1 unspecified atom stereocenters. The second kappa shape index (κ2) is 7.47. The maximum absolute atomic E-state index is 14.2. The number of aromatic nitrogens is 1. The average molecular weight is 296 g/mol. The van der Waals surface area contributed by atoms with Gasteiger partial charge in [-0.15, -0.1) is 0 Å². The number of halogens is 1. The van der Waals surface area contributed by atoms with E-state index < -0.39 is 29.4 Å². The monoisotopic (exact) mass is 296 g/mol. The molecule has 1 atom stereocenters. The second-order valence-electron chi connectivity index (χ2n) is 4.43. The summed E-state index contributed by atoms with van der Waals surface area (Å²) in [5.74, 6) is -3.64. The van der Waals surface area contributed by atoms with E-state index in [2.05, 4.69) is 10.3 Å². The summed E-state index contributed by atoms with van der Waals surface area (Å²) in [5.41, 5.74) is 0.113. The first kappa shape index (κ1) is 16.7. The number of pyridine rings is 1. The highest BCUT2D eigenvalue weighted by Crippen LogP contribution is 2.19. The van der Waals surface area contributed by atoms with E-state index in [1.54, 1.807) is 6.92 Å². The molecular formula is C14H17FN2O4. The third-order valence-corrected chi connectivity index (χ3v) is 2.75. The zero-order chi connectivity index (χ0) is 16.0. The van der Waals surface area contributed by atoms with Gasteiger partial charge in [-0.25, -0.2) is 9.37 Å². The number of carbonyl (C=O) groups excluding carboxylic acids is 3. The molecule has 0 aromatic carbocycles. The Labute approximate surface area is 121 Å². The number of anilines is 1. The van der Waals surface area contributed by atoms with Gasteiger partial charge in [0.15, 0.2) is 11.6 Å². The van der Waals surface area contributed by atoms with Gasteiger partial charge in [-0.05, 0) is 31.9 Å². The van der Waals surface area contributed by atoms with Crippen LogP contribution in [0.15, 0.2) is 12.3 Å². The molecule has 1 aromatic heterocycles. The first-order valence-corrected chi connectivity index (χ1v) is 6.44. The summed E-state index contributed by atoms with van der Waals surface area (Å²) in [4.78, 5) is 37.9. The molecule has 0 aliphatic rings. The zero-order valence-electron chi connectivity index (χ0n) is 12.1. The smallest absolute Gasteiger partial charge is 0.316 e. The van der Waals surface area contributed by atoms with Gasteiger partial charge in [-0.3, -0.25) is 14.4 Å². The highest BCUT2D eigenvalue weighted by atomic mass is 19.1. The normalized spacial score (nSPS) is 11.6. The topological polar surface area (TPSA) is 85.4 Å². The summed E-state index contributed by atoms with van der Waals surface area (Å²) in [6.07, 6.45) is 1.15. The third kappa shape index (κ3) is 4.62. The number of ether oxygens (including phenoxy) is 1. The molecule has 6 nitrogen and oxygen atoms in total. The molecule has 1 N–H and O–H groups in total. The number of nitrogens with zero attached hydrogens (tertiary/aromatic N) is 1. The van der Waals surface area contributed by atoms with Gasteiger partial charge in [-0.1, -0.05) is 0 Å². The first-order chi connectivity index (χ1) is 9.86. The van der Waals surface area contributed by atoms with E-state index in [0.29, 0.717) is 0 Å². The molecule has 7 heteroatoms. The van der Waals surface area contributed by atoms with Gasteiger partial charge < -0.3 is 10.1 Å². The maximum Gasteiger partial charge on any atom is 0.316 e. The number of ketones is 1. The highest BCUT2D eigenvalue weighted by Gasteiger charge is 2.27. The number of esters is 1. The lowest BCUT2D eigenvalue weighted by molar-refractivity contribution is -0.151. The lowest BCUT2D eigenvalue weighted by atomic mass is 9.96. The fourth-order valence-electron chi connectivity index (χ4n) is 1.75. The molecule has 1 aromatic rings. The minimum absolute atomic E-state index is 0.113. The van der Waals surface area contributed by atoms with E-state index in [-0.39, 0.29) is 24.4 Å². The molecule has 1 heterocycles. The van der Waals surface area contributed by atoms with Crippen LogP contribution in [-0.2, 0) is 25.5 Å². The van der Waals surface area contributed by atoms with Gasteiger partial charge in [0.05, 0.1) is 6.61 Å². The van der Waals surface area contributed by atoms with Crippen molar-refractivity contribution in [3.05, 3.63) is 23.6 Å². The largest absolute Gasteiger partial charge is 0.465 e. The van der Waals surface area contributed by atoms with Crippen LogP contribution in [0.4, 0.5) is 10.2 Å². The highest BCUT2D eigenvalue weighted by molar-refractivity contribution is 5.98. The Morgan fingerprint density at radius 2 is 2.05 bits per heavy atom. The van der Waals surface area contributed by atoms with Crippen molar-refractivity contribution in [2.24, 2.45) is 5.92 Å². The van der Waals surface area contributed by atoms with Crippen LogP contribution >= 0.6 is 0 Å². The Morgan fingerprint density at radius 1 is 1.38 bits per heavy atom. The van der Waals surface area contributed by atoms with Crippen LogP contribution in [0, 0.1) is 11.7 Å². The minimum atomic E-state index is -1.08. The third-order valence-electron chi connectivity index (χ3n) is 2.75. The predicted molar refractivity (Wildman–Crippen MR) is 73.0 cm³/mol. The SMILES string of the molecule is CCOC(=O)C(Cc1ccnc(NC(C)=O)c1F)C(C)=O. The zero-order valence-corrected chi connectivity index (χ0v) is 12.1. The Bertz CT molecular complexity index is 560. The minimum Gasteiger partial charge on any atom is -0.465 e. The van der Waals surface area contributed by atoms with Gasteiger partial charge in [0.2, 0.25) is 5.91 Å². The van der Waals surface area contributed by atoms with Crippen LogP contribution in [-0.4, -0.2) is 29.3 Å². The molecule has 0 aliphatic carbocycles. The molecule has 0 aliphatic heterocycles. The number of carbonyl (C=O) groups is 3. The van der Waals surface area contributed by atoms with E-state index in [4.69, 9.17) is 4.74 Å². The fraction of sp³-hybridized carbons (Fsp3) is 0.429. The van der Waals surface area contributed by atoms with Gasteiger partial charge in [0.1, 0.15) is 11.7 Å². The summed E-state index contributed by atoms with van der Waals surface area (Å²) in [7, 11) is 0. The maximum atomic E-state index is 14.2. The number of rotatable bonds is 6. The molecule has 21 heavy (non-hydrogen) atoms. The van der Waals surface area contributed by atoms with Crippen LogP contribution in [0.2, 0.25) is 0 Å². The van der Waals surface area contributed by atoms with Crippen LogP contribution in [0.5, 0.6) is 0 Å². The Kier molecular flexibility index (Phi) is 5.95. The second-order valence-corrected chi connectivity index (χ2v) is 4.43. The lowest BCUT2D eigenvalue weighted by Crippen LogP contribution is -2.27. The Hall–Kier alpha value is -2.31. The molecule has 0 saturated carbocycles. The Balaban J connectivity index is 3.01. The van der Waals surface area contributed by atoms with Crippen LogP contribution in [0.3, 0.4) is 0 Å². The molecule has 0 bridgehead atoms. The van der Waals surface area contributed by atoms with E-state index in [0.717, 1.165) is 0 Å². The van der Waals surface area contributed by atoms with E-state index in [9.17, 15) is 18.8 Å². The van der Waals surface area contributed by atoms with Crippen molar-refractivity contribution >= 4 is 23.5 Å². The summed E-state index contributed by atoms with van der Waals surface area (Å²) >= 11 is 0. The predicted octanol–water partition coefficient (Wildman–Crippen LogP) is 1.49. The summed E-state index contributed by atoms with van der Waals surface area (Å²) in [6.45, 7) is 4.23. The first-order valence-electron chi connectivity index (χ1n) is 6.44. The molecule has 114 valence electrons. The van der Waals surface area contributed by atoms with Crippen molar-refractivity contribution < 1.29 is 23.5 Å². The molecule has 1 rings (SSSR count). The van der Waals surface area contributed by atoms with Crippen LogP contribution in [0.25, 0.3) is 0 Å². The average Bonchev–Trinajstić information content (AvgIpc) is 2.39. The number of Topliss-reactive ketones (excluding diaryl/α,β-unsaturated/α-hetero) is 1. The van der Waals surface area contributed by atoms with E-state index in [1.807, 2.05) is 0 Å². The van der Waals surface area contributed by atoms with Gasteiger partial charge in [0.25, 0.3) is 0 Å². The quantitative estimate of drug-likeness (QED) is 0.635. The van der Waals surface area contributed by atoms with Crippen molar-refractivity contribution in [1.29, 1.82) is 0 Å². The summed E-state index contributed by atoms with van der Waals surface area (Å²) in [5, 5.41) is 2.24. The van der Waals surface area contributed by atoms with Crippen molar-refractivity contribution in [3.8, 4) is 0 Å². The molecule has 0 fully saturated rings. The van der Waals surface area contributed by atoms with E-state index >= 15 is 0 Å². The summed E-state index contributed by atoms with van der Waals surface area (Å²) < 4.78 is 19.0. The molecule has 0 spiro atoms. The van der Waals surface area contributed by atoms with Crippen molar-refractivity contribution in [3.63, 3.8) is 0 Å². The lowest BCUT2D eigenvalue weighted by Gasteiger charge is -2.14. The van der Waals surface area contributed by atoms with Crippen LogP contribution < -0.4 is 5.32 Å². The number of hydrogen-bond acceptors (Lipinski definition) is 5. The molecule has 0 radical (unpaired) electrons. The number of amides is 1. The number of hydrogen-bond donors (Lipinski definition) is 1. The van der Waals surface area contributed by atoms with Gasteiger partial charge >= 0.3 is 5.97 Å². The standard InChI is InChI=1S/C14H17FN2O4/c1-4-21-14(20)11(8(2)18)7-10-5-6-16-13(12(10)15)17-9(3)19/h5-6,11H,4,7H2,1-3H3,(H,16,17,19). The van der Waals surface area contributed by atoms with Crippen molar-refractivity contribution in [1.82, 2.24) is 4.98 Å². The summed E-state index contributed by atoms with van der Waals surface area (Å²) in [6, 6.07) is 1.36. The molecule has 1 amide bonds. The van der Waals surface area contributed by atoms with Crippen molar-refractivity contribution in [2.75, 3.05) is 11.9 Å².